The minimum absolute atomic E-state index is 0.226. The molecule has 9 rings (SSSR count). The third-order valence-corrected chi connectivity index (χ3v) is 9.22. The summed E-state index contributed by atoms with van der Waals surface area (Å²) >= 11 is 1.66. The molecule has 4 heterocycles. The van der Waals surface area contributed by atoms with Crippen molar-refractivity contribution in [2.45, 2.75) is 0 Å². The first kappa shape index (κ1) is 21.9. The van der Waals surface area contributed by atoms with Crippen LogP contribution in [0.1, 0.15) is 0 Å². The van der Waals surface area contributed by atoms with Gasteiger partial charge in [0.25, 0.3) is 0 Å². The van der Waals surface area contributed by atoms with Gasteiger partial charge in [-0.05, 0) is 48.5 Å². The molecule has 4 aromatic heterocycles. The second kappa shape index (κ2) is 8.01. The number of aromatic nitrogens is 3. The predicted molar refractivity (Wildman–Crippen MR) is 166 cm³/mol. The molecular formula is C35H20FN3S. The van der Waals surface area contributed by atoms with E-state index in [0.29, 0.717) is 0 Å². The number of nitrogens with zero attached hydrogens (tertiary/aromatic N) is 3. The highest BCUT2D eigenvalue weighted by atomic mass is 32.1. The molecule has 40 heavy (non-hydrogen) atoms. The highest BCUT2D eigenvalue weighted by Crippen LogP contribution is 2.42. The largest absolute Gasteiger partial charge is 0.307 e. The normalized spacial score (nSPS) is 12.1. The van der Waals surface area contributed by atoms with Crippen molar-refractivity contribution >= 4 is 75.1 Å². The molecule has 0 amide bonds. The molecule has 0 radical (unpaired) electrons. The lowest BCUT2D eigenvalue weighted by molar-refractivity contribution is 0.630. The Morgan fingerprint density at radius 1 is 0.550 bits per heavy atom. The first-order valence-corrected chi connectivity index (χ1v) is 14.1. The van der Waals surface area contributed by atoms with Crippen molar-refractivity contribution in [3.8, 4) is 11.5 Å². The number of benzene rings is 5. The first-order valence-electron chi connectivity index (χ1n) is 13.3. The Morgan fingerprint density at radius 3 is 1.90 bits per heavy atom. The van der Waals surface area contributed by atoms with E-state index in [4.69, 9.17) is 4.98 Å². The number of hydrogen-bond acceptors (Lipinski definition) is 2. The summed E-state index contributed by atoms with van der Waals surface area (Å²) in [6.45, 7) is 0. The van der Waals surface area contributed by atoms with Gasteiger partial charge in [-0.2, -0.15) is 0 Å². The van der Waals surface area contributed by atoms with Crippen molar-refractivity contribution in [1.82, 2.24) is 14.1 Å². The molecule has 0 aliphatic carbocycles. The molecule has 5 heteroatoms. The Balaban J connectivity index is 1.49. The zero-order valence-electron chi connectivity index (χ0n) is 21.2. The number of hydrogen-bond donors (Lipinski definition) is 0. The van der Waals surface area contributed by atoms with E-state index in [9.17, 15) is 4.39 Å². The van der Waals surface area contributed by atoms with Gasteiger partial charge in [0, 0.05) is 43.2 Å². The van der Waals surface area contributed by atoms with Crippen LogP contribution in [0.4, 0.5) is 4.39 Å². The summed E-state index contributed by atoms with van der Waals surface area (Å²) in [6, 6.07) is 39.3. The summed E-state index contributed by atoms with van der Waals surface area (Å²) in [7, 11) is 0. The topological polar surface area (TPSA) is 22.8 Å². The van der Waals surface area contributed by atoms with Gasteiger partial charge in [-0.15, -0.1) is 11.3 Å². The molecule has 0 unspecified atom stereocenters. The van der Waals surface area contributed by atoms with E-state index in [2.05, 4.69) is 100 Å². The van der Waals surface area contributed by atoms with Crippen molar-refractivity contribution in [2.24, 2.45) is 0 Å². The van der Waals surface area contributed by atoms with Crippen molar-refractivity contribution in [1.29, 1.82) is 0 Å². The van der Waals surface area contributed by atoms with Crippen LogP contribution in [0, 0.1) is 5.82 Å². The highest BCUT2D eigenvalue weighted by molar-refractivity contribution is 7.26. The molecule has 0 aliphatic heterocycles. The van der Waals surface area contributed by atoms with Crippen LogP contribution in [-0.2, 0) is 0 Å². The minimum atomic E-state index is -0.226. The maximum Gasteiger partial charge on any atom is 0.155 e. The molecule has 0 saturated heterocycles. The molecule has 9 aromatic rings. The maximum absolute atomic E-state index is 14.3. The van der Waals surface area contributed by atoms with E-state index in [0.717, 1.165) is 53.7 Å². The average molecular weight is 534 g/mol. The molecule has 0 fully saturated rings. The van der Waals surface area contributed by atoms with Crippen LogP contribution < -0.4 is 0 Å². The van der Waals surface area contributed by atoms with Crippen LogP contribution in [0.2, 0.25) is 0 Å². The van der Waals surface area contributed by atoms with Crippen LogP contribution in [-0.4, -0.2) is 14.1 Å². The second-order valence-electron chi connectivity index (χ2n) is 10.1. The van der Waals surface area contributed by atoms with Gasteiger partial charge in [0.1, 0.15) is 5.82 Å². The monoisotopic (exact) mass is 533 g/mol. The minimum Gasteiger partial charge on any atom is -0.307 e. The van der Waals surface area contributed by atoms with E-state index >= 15 is 0 Å². The van der Waals surface area contributed by atoms with Gasteiger partial charge in [0.2, 0.25) is 0 Å². The number of pyridine rings is 1. The van der Waals surface area contributed by atoms with E-state index in [-0.39, 0.29) is 5.82 Å². The number of halogens is 1. The van der Waals surface area contributed by atoms with Crippen molar-refractivity contribution < 1.29 is 4.39 Å². The smallest absolute Gasteiger partial charge is 0.155 e. The number of thiophene rings is 1. The summed E-state index contributed by atoms with van der Waals surface area (Å²) in [4.78, 5) is 4.98. The summed E-state index contributed by atoms with van der Waals surface area (Å²) in [5.41, 5.74) is 5.61. The maximum atomic E-state index is 14.3. The van der Waals surface area contributed by atoms with Crippen LogP contribution in [0.15, 0.2) is 121 Å². The predicted octanol–water partition coefficient (Wildman–Crippen LogP) is 9.78. The zero-order valence-corrected chi connectivity index (χ0v) is 22.0. The van der Waals surface area contributed by atoms with Crippen LogP contribution in [0.3, 0.4) is 0 Å². The Morgan fingerprint density at radius 2 is 1.18 bits per heavy atom. The second-order valence-corrected chi connectivity index (χ2v) is 11.2. The van der Waals surface area contributed by atoms with Gasteiger partial charge in [-0.1, -0.05) is 66.7 Å². The molecule has 0 atom stereocenters. The highest BCUT2D eigenvalue weighted by Gasteiger charge is 2.22. The van der Waals surface area contributed by atoms with Gasteiger partial charge in [-0.3, -0.25) is 4.57 Å². The summed E-state index contributed by atoms with van der Waals surface area (Å²) in [5.74, 6) is 0.634. The van der Waals surface area contributed by atoms with Gasteiger partial charge in [0.15, 0.2) is 5.82 Å². The van der Waals surface area contributed by atoms with Gasteiger partial charge >= 0.3 is 0 Å². The Bertz CT molecular complexity index is 2410. The molecule has 0 saturated carbocycles. The van der Waals surface area contributed by atoms with Crippen LogP contribution >= 0.6 is 11.3 Å². The van der Waals surface area contributed by atoms with E-state index < -0.39 is 0 Å². The number of fused-ring (bicyclic) bond motifs is 9. The fraction of sp³-hybridized carbons (Fsp3) is 0. The number of rotatable bonds is 2. The fourth-order valence-corrected chi connectivity index (χ4v) is 7.56. The molecule has 0 N–H and O–H groups in total. The number of para-hydroxylation sites is 4. The lowest BCUT2D eigenvalue weighted by Crippen LogP contribution is -2.02. The van der Waals surface area contributed by atoms with E-state index in [1.54, 1.807) is 17.4 Å². The standard InChI is InChI=1S/C35H20FN3S/c36-21-16-17-32-27(20-21)26-18-19-37-35(34(26)40-32)39-30-14-6-3-10-24(30)25-11-7-15-31(33(25)39)38-28-12-4-1-8-22(28)23-9-2-5-13-29(23)38/h1-20H. The quantitative estimate of drug-likeness (QED) is 0.217. The summed E-state index contributed by atoms with van der Waals surface area (Å²) < 4.78 is 21.1. The third kappa shape index (κ3) is 2.84. The Hall–Kier alpha value is -5.00. The molecular weight excluding hydrogens is 513 g/mol. The first-order chi connectivity index (χ1) is 19.8. The van der Waals surface area contributed by atoms with Gasteiger partial charge < -0.3 is 4.57 Å². The molecule has 5 aromatic carbocycles. The van der Waals surface area contributed by atoms with Crippen LogP contribution in [0.5, 0.6) is 0 Å². The SMILES string of the molecule is Fc1ccc2sc3c(-n4c5ccccc5c5cccc(-n6c7ccccc7c7ccccc76)c54)nccc3c2c1. The zero-order chi connectivity index (χ0) is 26.4. The molecule has 0 bridgehead atoms. The van der Waals surface area contributed by atoms with Gasteiger partial charge in [0.05, 0.1) is 32.5 Å². The summed E-state index contributed by atoms with van der Waals surface area (Å²) in [6.07, 6.45) is 1.85. The summed E-state index contributed by atoms with van der Waals surface area (Å²) in [5, 5.41) is 6.73. The fourth-order valence-electron chi connectivity index (χ4n) is 6.40. The average Bonchev–Trinajstić information content (AvgIpc) is 3.65. The lowest BCUT2D eigenvalue weighted by Gasteiger charge is -2.14. The van der Waals surface area contributed by atoms with E-state index in [1.165, 1.54) is 27.6 Å². The molecule has 0 aliphatic rings. The molecule has 0 spiro atoms. The van der Waals surface area contributed by atoms with Gasteiger partial charge in [-0.25, -0.2) is 9.37 Å². The van der Waals surface area contributed by atoms with Crippen molar-refractivity contribution in [3.05, 3.63) is 127 Å². The van der Waals surface area contributed by atoms with Crippen molar-refractivity contribution in [2.75, 3.05) is 0 Å². The molecule has 188 valence electrons. The van der Waals surface area contributed by atoms with E-state index in [1.807, 2.05) is 18.3 Å². The molecule has 3 nitrogen and oxygen atoms in total. The van der Waals surface area contributed by atoms with Crippen molar-refractivity contribution in [3.63, 3.8) is 0 Å². The Labute approximate surface area is 231 Å². The van der Waals surface area contributed by atoms with Crippen LogP contribution in [0.25, 0.3) is 75.3 Å². The lowest BCUT2D eigenvalue weighted by atomic mass is 10.1. The third-order valence-electron chi connectivity index (χ3n) is 8.04. The Kier molecular flexibility index (Phi) is 4.38.